The van der Waals surface area contributed by atoms with Gasteiger partial charge < -0.3 is 19.5 Å². The van der Waals surface area contributed by atoms with Gasteiger partial charge in [-0.1, -0.05) is 229 Å². The average molecular weight is 967 g/mol. The lowest BCUT2D eigenvalue weighted by Crippen LogP contribution is -2.45. The summed E-state index contributed by atoms with van der Waals surface area (Å²) in [7, 11) is 4.07. The fourth-order valence-corrected chi connectivity index (χ4v) is 9.26. The molecule has 0 aliphatic carbocycles. The second-order valence-electron chi connectivity index (χ2n) is 21.0. The van der Waals surface area contributed by atoms with Gasteiger partial charge in [-0.05, 0) is 136 Å². The molecule has 0 heterocycles. The zero-order chi connectivity index (χ0) is 50.2. The maximum atomic E-state index is 12.7. The molecule has 0 fully saturated rings. The standard InChI is InChI=1S/C64H119NO4/c1-6-9-12-15-18-21-24-27-30-33-36-39-42-45-48-51-57-64(67,58-52-49-46-43-40-37-34-31-28-25-22-19-16-13-10-7-2)62(56-61-69-63(66)55-54-59-65(4)5)68-60-53-50-47-44-41-38-35-32-29-26-23-20-17-14-11-8-3/h18-19,21-22,27-32,62,67H,6-17,20,23-26,33-61H2,1-5H3. The maximum Gasteiger partial charge on any atom is 0.305 e. The first-order valence-electron chi connectivity index (χ1n) is 30.3. The van der Waals surface area contributed by atoms with E-state index in [2.05, 4.69) is 86.4 Å². The van der Waals surface area contributed by atoms with Crippen molar-refractivity contribution in [2.45, 2.75) is 309 Å². The number of carbonyl (C=O) groups excluding carboxylic acids is 1. The Labute approximate surface area is 431 Å². The number of carbonyl (C=O) groups is 1. The molecule has 1 atom stereocenters. The van der Waals surface area contributed by atoms with Gasteiger partial charge in [-0.3, -0.25) is 4.79 Å². The molecular formula is C64H119NO4. The summed E-state index contributed by atoms with van der Waals surface area (Å²) in [6.45, 7) is 8.67. The molecule has 69 heavy (non-hydrogen) atoms. The van der Waals surface area contributed by atoms with E-state index in [1.165, 1.54) is 193 Å². The largest absolute Gasteiger partial charge is 0.466 e. The molecule has 0 radical (unpaired) electrons. The van der Waals surface area contributed by atoms with Crippen LogP contribution in [0, 0.1) is 0 Å². The van der Waals surface area contributed by atoms with Crippen molar-refractivity contribution in [3.8, 4) is 0 Å². The molecular weight excluding hydrogens is 847 g/mol. The van der Waals surface area contributed by atoms with Gasteiger partial charge in [0, 0.05) is 19.4 Å². The number of rotatable bonds is 55. The van der Waals surface area contributed by atoms with Crippen molar-refractivity contribution >= 4 is 5.97 Å². The first kappa shape index (κ1) is 67.0. The van der Waals surface area contributed by atoms with Crippen LogP contribution in [0.3, 0.4) is 0 Å². The summed E-state index contributed by atoms with van der Waals surface area (Å²) < 4.78 is 12.5. The maximum absolute atomic E-state index is 12.7. The summed E-state index contributed by atoms with van der Waals surface area (Å²) in [5, 5.41) is 12.6. The van der Waals surface area contributed by atoms with Crippen LogP contribution in [-0.2, 0) is 14.3 Å². The fourth-order valence-electron chi connectivity index (χ4n) is 9.26. The Balaban J connectivity index is 5.15. The van der Waals surface area contributed by atoms with Crippen LogP contribution in [0.4, 0.5) is 0 Å². The monoisotopic (exact) mass is 966 g/mol. The van der Waals surface area contributed by atoms with E-state index in [0.717, 1.165) is 77.2 Å². The molecule has 0 aromatic heterocycles. The Kier molecular flexibility index (Phi) is 53.8. The summed E-state index contributed by atoms with van der Waals surface area (Å²) in [5.74, 6) is -0.136. The highest BCUT2D eigenvalue weighted by Gasteiger charge is 2.36. The lowest BCUT2D eigenvalue weighted by atomic mass is 9.83. The Morgan fingerprint density at radius 3 is 1.17 bits per heavy atom. The highest BCUT2D eigenvalue weighted by atomic mass is 16.5. The molecule has 0 saturated heterocycles. The van der Waals surface area contributed by atoms with Crippen LogP contribution in [0.5, 0.6) is 0 Å². The number of allylic oxidation sites excluding steroid dienone is 10. The number of hydrogen-bond acceptors (Lipinski definition) is 5. The van der Waals surface area contributed by atoms with Gasteiger partial charge in [0.1, 0.15) is 0 Å². The molecule has 0 aliphatic rings. The van der Waals surface area contributed by atoms with Gasteiger partial charge in [-0.25, -0.2) is 0 Å². The van der Waals surface area contributed by atoms with Crippen molar-refractivity contribution in [3.63, 3.8) is 0 Å². The van der Waals surface area contributed by atoms with Crippen molar-refractivity contribution in [2.75, 3.05) is 33.9 Å². The SMILES string of the molecule is CCCCCC=CCC=CCCCCCCCCC(O)(CCCCCCCCC=CCC=CCCCCC)C(CCOC(=O)CCCN(C)C)OCCCCCCCCC=CCCCCCCCC. The topological polar surface area (TPSA) is 59.0 Å². The minimum atomic E-state index is -0.898. The van der Waals surface area contributed by atoms with Crippen LogP contribution in [-0.4, -0.2) is 61.5 Å². The zero-order valence-electron chi connectivity index (χ0n) is 47.0. The number of nitrogens with zero attached hydrogens (tertiary/aromatic N) is 1. The highest BCUT2D eigenvalue weighted by Crippen LogP contribution is 2.31. The van der Waals surface area contributed by atoms with E-state index in [0.29, 0.717) is 26.1 Å². The first-order valence-corrected chi connectivity index (χ1v) is 30.3. The summed E-state index contributed by atoms with van der Waals surface area (Å²) in [4.78, 5) is 14.8. The molecule has 0 amide bonds. The van der Waals surface area contributed by atoms with Crippen molar-refractivity contribution in [3.05, 3.63) is 60.8 Å². The zero-order valence-corrected chi connectivity index (χ0v) is 47.0. The van der Waals surface area contributed by atoms with Crippen molar-refractivity contribution in [2.24, 2.45) is 0 Å². The van der Waals surface area contributed by atoms with Crippen molar-refractivity contribution in [1.29, 1.82) is 0 Å². The van der Waals surface area contributed by atoms with E-state index >= 15 is 0 Å². The Bertz CT molecular complexity index is 1140. The van der Waals surface area contributed by atoms with Gasteiger partial charge in [0.15, 0.2) is 0 Å². The first-order chi connectivity index (χ1) is 33.9. The third-order valence-electron chi connectivity index (χ3n) is 13.8. The molecule has 5 nitrogen and oxygen atoms in total. The van der Waals surface area contributed by atoms with Crippen LogP contribution in [0.25, 0.3) is 0 Å². The normalized spacial score (nSPS) is 13.7. The van der Waals surface area contributed by atoms with Gasteiger partial charge in [0.2, 0.25) is 0 Å². The van der Waals surface area contributed by atoms with E-state index < -0.39 is 5.60 Å². The highest BCUT2D eigenvalue weighted by molar-refractivity contribution is 5.69. The average Bonchev–Trinajstić information content (AvgIpc) is 3.34. The van der Waals surface area contributed by atoms with Gasteiger partial charge in [-0.2, -0.15) is 0 Å². The summed E-state index contributed by atoms with van der Waals surface area (Å²) in [6, 6.07) is 0. The molecule has 0 aliphatic heterocycles. The Hall–Kier alpha value is -1.95. The van der Waals surface area contributed by atoms with E-state index in [4.69, 9.17) is 9.47 Å². The second kappa shape index (κ2) is 55.4. The lowest BCUT2D eigenvalue weighted by Gasteiger charge is -2.37. The molecule has 0 bridgehead atoms. The molecule has 5 heteroatoms. The van der Waals surface area contributed by atoms with Crippen LogP contribution in [0.1, 0.15) is 297 Å². The van der Waals surface area contributed by atoms with Gasteiger partial charge in [0.25, 0.3) is 0 Å². The Morgan fingerprint density at radius 1 is 0.435 bits per heavy atom. The number of esters is 1. The van der Waals surface area contributed by atoms with Crippen LogP contribution in [0.15, 0.2) is 60.8 Å². The predicted molar refractivity (Wildman–Crippen MR) is 305 cm³/mol. The van der Waals surface area contributed by atoms with Crippen LogP contribution in [0.2, 0.25) is 0 Å². The fraction of sp³-hybridized carbons (Fsp3) is 0.828. The smallest absolute Gasteiger partial charge is 0.305 e. The van der Waals surface area contributed by atoms with E-state index in [1.807, 2.05) is 14.1 Å². The van der Waals surface area contributed by atoms with E-state index in [1.54, 1.807) is 0 Å². The van der Waals surface area contributed by atoms with Crippen LogP contribution < -0.4 is 0 Å². The number of aliphatic hydroxyl groups is 1. The summed E-state index contributed by atoms with van der Waals surface area (Å²) in [6.07, 6.45) is 73.7. The molecule has 0 saturated carbocycles. The Morgan fingerprint density at radius 2 is 0.768 bits per heavy atom. The number of ether oxygens (including phenoxy) is 2. The minimum absolute atomic E-state index is 0.136. The molecule has 0 aromatic rings. The molecule has 1 unspecified atom stereocenters. The third kappa shape index (κ3) is 50.8. The number of hydrogen-bond donors (Lipinski definition) is 1. The molecule has 0 rings (SSSR count). The summed E-state index contributed by atoms with van der Waals surface area (Å²) >= 11 is 0. The van der Waals surface area contributed by atoms with Gasteiger partial charge >= 0.3 is 5.97 Å². The van der Waals surface area contributed by atoms with E-state index in [-0.39, 0.29) is 12.1 Å². The summed E-state index contributed by atoms with van der Waals surface area (Å²) in [5.41, 5.74) is -0.898. The molecule has 0 spiro atoms. The van der Waals surface area contributed by atoms with Gasteiger partial charge in [-0.15, -0.1) is 0 Å². The van der Waals surface area contributed by atoms with Crippen molar-refractivity contribution in [1.82, 2.24) is 4.90 Å². The van der Waals surface area contributed by atoms with Crippen LogP contribution >= 0.6 is 0 Å². The molecule has 1 N–H and O–H groups in total. The van der Waals surface area contributed by atoms with Gasteiger partial charge in [0.05, 0.1) is 18.3 Å². The molecule has 0 aromatic carbocycles. The third-order valence-corrected chi connectivity index (χ3v) is 13.8. The minimum Gasteiger partial charge on any atom is -0.466 e. The van der Waals surface area contributed by atoms with E-state index in [9.17, 15) is 9.90 Å². The quantitative estimate of drug-likeness (QED) is 0.0374. The molecule has 404 valence electrons. The predicted octanol–water partition coefficient (Wildman–Crippen LogP) is 19.8. The number of unbranched alkanes of at least 4 members (excludes halogenated alkanes) is 30. The van der Waals surface area contributed by atoms with Crippen molar-refractivity contribution < 1.29 is 19.4 Å². The lowest BCUT2D eigenvalue weighted by molar-refractivity contribution is -0.150. The second-order valence-corrected chi connectivity index (χ2v) is 21.0.